The number of nitrogens with zero attached hydrogens (tertiary/aromatic N) is 5. The monoisotopic (exact) mass is 341 g/mol. The summed E-state index contributed by atoms with van der Waals surface area (Å²) in [6, 6.07) is 0. The smallest absolute Gasteiger partial charge is 0.274 e. The minimum absolute atomic E-state index is 0.0126. The highest BCUT2D eigenvalue weighted by Gasteiger charge is 2.50. The molecule has 1 spiro atoms. The third-order valence-corrected chi connectivity index (χ3v) is 4.50. The van der Waals surface area contributed by atoms with Gasteiger partial charge in [-0.15, -0.1) is 0 Å². The summed E-state index contributed by atoms with van der Waals surface area (Å²) in [6.45, 7) is 3.58. The largest absolute Gasteiger partial charge is 0.473 e. The van der Waals surface area contributed by atoms with Gasteiger partial charge < -0.3 is 14.4 Å². The molecule has 0 radical (unpaired) electrons. The second-order valence-corrected chi connectivity index (χ2v) is 6.51. The summed E-state index contributed by atoms with van der Waals surface area (Å²) in [4.78, 5) is 30.6. The first-order valence-corrected chi connectivity index (χ1v) is 8.28. The van der Waals surface area contributed by atoms with Crippen molar-refractivity contribution in [3.8, 4) is 5.88 Å². The van der Waals surface area contributed by atoms with Gasteiger partial charge >= 0.3 is 0 Å². The third-order valence-electron chi connectivity index (χ3n) is 4.50. The highest BCUT2D eigenvalue weighted by molar-refractivity contribution is 5.92. The lowest BCUT2D eigenvalue weighted by Gasteiger charge is -2.52. The first kappa shape index (κ1) is 15.9. The van der Waals surface area contributed by atoms with E-state index in [0.717, 1.165) is 18.5 Å². The topological polar surface area (TPSA) is 90.3 Å². The Morgan fingerprint density at radius 2 is 2.16 bits per heavy atom. The third kappa shape index (κ3) is 3.30. The van der Waals surface area contributed by atoms with E-state index in [0.29, 0.717) is 31.3 Å². The zero-order chi connectivity index (χ0) is 17.3. The van der Waals surface area contributed by atoms with Crippen LogP contribution in [0.5, 0.6) is 5.88 Å². The Balaban J connectivity index is 1.37. The summed E-state index contributed by atoms with van der Waals surface area (Å²) in [5.74, 6) is 0.420. The molecule has 0 saturated carbocycles. The fourth-order valence-corrected chi connectivity index (χ4v) is 3.34. The van der Waals surface area contributed by atoms with Gasteiger partial charge in [-0.1, -0.05) is 0 Å². The van der Waals surface area contributed by atoms with E-state index in [1.807, 2.05) is 6.92 Å². The number of hydrogen-bond donors (Lipinski definition) is 0. The van der Waals surface area contributed by atoms with Crippen LogP contribution in [0.15, 0.2) is 31.0 Å². The molecular weight excluding hydrogens is 322 g/mol. The summed E-state index contributed by atoms with van der Waals surface area (Å²) >= 11 is 0. The Labute approximate surface area is 145 Å². The molecule has 1 unspecified atom stereocenters. The number of carbonyl (C=O) groups excluding carboxylic acids is 1. The van der Waals surface area contributed by atoms with E-state index in [-0.39, 0.29) is 17.6 Å². The number of rotatable bonds is 3. The first-order valence-electron chi connectivity index (χ1n) is 8.28. The maximum Gasteiger partial charge on any atom is 0.274 e. The molecule has 4 heterocycles. The van der Waals surface area contributed by atoms with Crippen LogP contribution >= 0.6 is 0 Å². The number of ether oxygens (including phenoxy) is 2. The molecule has 2 aliphatic rings. The molecule has 25 heavy (non-hydrogen) atoms. The quantitative estimate of drug-likeness (QED) is 0.823. The van der Waals surface area contributed by atoms with E-state index in [9.17, 15) is 4.79 Å². The van der Waals surface area contributed by atoms with Crippen LogP contribution in [-0.4, -0.2) is 62.1 Å². The van der Waals surface area contributed by atoms with Crippen LogP contribution < -0.4 is 4.74 Å². The predicted molar refractivity (Wildman–Crippen MR) is 87.0 cm³/mol. The van der Waals surface area contributed by atoms with Crippen molar-refractivity contribution in [2.45, 2.75) is 31.5 Å². The number of aromatic nitrogens is 4. The zero-order valence-corrected chi connectivity index (χ0v) is 14.0. The van der Waals surface area contributed by atoms with Crippen molar-refractivity contribution in [2.24, 2.45) is 0 Å². The Hall–Kier alpha value is -2.61. The van der Waals surface area contributed by atoms with Crippen molar-refractivity contribution in [1.82, 2.24) is 24.8 Å². The second kappa shape index (κ2) is 6.36. The maximum atomic E-state index is 12.4. The van der Waals surface area contributed by atoms with Crippen molar-refractivity contribution >= 4 is 5.91 Å². The van der Waals surface area contributed by atoms with Gasteiger partial charge in [-0.2, -0.15) is 0 Å². The molecule has 1 atom stereocenters. The molecule has 0 aliphatic carbocycles. The van der Waals surface area contributed by atoms with Crippen molar-refractivity contribution in [3.63, 3.8) is 0 Å². The van der Waals surface area contributed by atoms with Gasteiger partial charge in [0.1, 0.15) is 17.4 Å². The van der Waals surface area contributed by atoms with Gasteiger partial charge in [0.25, 0.3) is 5.91 Å². The van der Waals surface area contributed by atoms with E-state index in [2.05, 4.69) is 19.9 Å². The molecule has 8 heteroatoms. The number of likely N-dealkylation sites (tertiary alicyclic amines) is 1. The second-order valence-electron chi connectivity index (χ2n) is 6.51. The highest BCUT2D eigenvalue weighted by Crippen LogP contribution is 2.36. The molecule has 0 aromatic carbocycles. The Bertz CT molecular complexity index is 764. The molecule has 4 rings (SSSR count). The first-order chi connectivity index (χ1) is 12.1. The normalized spacial score (nSPS) is 21.6. The lowest BCUT2D eigenvalue weighted by atomic mass is 9.84. The fraction of sp³-hybridized carbons (Fsp3) is 0.471. The van der Waals surface area contributed by atoms with Crippen LogP contribution in [0.1, 0.15) is 29.0 Å². The van der Waals surface area contributed by atoms with Gasteiger partial charge in [-0.05, 0) is 6.92 Å². The molecular formula is C17H19N5O3. The Morgan fingerprint density at radius 1 is 1.28 bits per heavy atom. The van der Waals surface area contributed by atoms with Crippen LogP contribution in [0.4, 0.5) is 0 Å². The molecule has 130 valence electrons. The van der Waals surface area contributed by atoms with Gasteiger partial charge in [-0.3, -0.25) is 14.8 Å². The number of carbonyl (C=O) groups is 1. The van der Waals surface area contributed by atoms with E-state index in [4.69, 9.17) is 9.47 Å². The highest BCUT2D eigenvalue weighted by atomic mass is 16.5. The molecule has 2 aliphatic heterocycles. The number of hydrogen-bond acceptors (Lipinski definition) is 7. The summed E-state index contributed by atoms with van der Waals surface area (Å²) in [6.07, 6.45) is 9.42. The molecule has 0 N–H and O–H groups in total. The van der Waals surface area contributed by atoms with Crippen molar-refractivity contribution in [1.29, 1.82) is 0 Å². The summed E-state index contributed by atoms with van der Waals surface area (Å²) in [5.41, 5.74) is 0.845. The minimum Gasteiger partial charge on any atom is -0.473 e. The van der Waals surface area contributed by atoms with E-state index in [1.165, 1.54) is 12.4 Å². The van der Waals surface area contributed by atoms with Crippen LogP contribution in [0, 0.1) is 6.92 Å². The number of aryl methyl sites for hydroxylation is 1. The summed E-state index contributed by atoms with van der Waals surface area (Å²) < 4.78 is 11.9. The molecule has 2 aromatic heterocycles. The van der Waals surface area contributed by atoms with Crippen LogP contribution in [0.25, 0.3) is 0 Å². The molecule has 2 fully saturated rings. The van der Waals surface area contributed by atoms with Crippen LogP contribution in [0.2, 0.25) is 0 Å². The zero-order valence-electron chi connectivity index (χ0n) is 14.0. The van der Waals surface area contributed by atoms with E-state index >= 15 is 0 Å². The van der Waals surface area contributed by atoms with Crippen LogP contribution in [0.3, 0.4) is 0 Å². The van der Waals surface area contributed by atoms with Gasteiger partial charge in [0, 0.05) is 31.4 Å². The van der Waals surface area contributed by atoms with Crippen molar-refractivity contribution < 1.29 is 14.3 Å². The van der Waals surface area contributed by atoms with Crippen LogP contribution in [-0.2, 0) is 4.74 Å². The van der Waals surface area contributed by atoms with Gasteiger partial charge in [0.2, 0.25) is 5.88 Å². The number of amides is 1. The summed E-state index contributed by atoms with van der Waals surface area (Å²) in [7, 11) is 0. The summed E-state index contributed by atoms with van der Waals surface area (Å²) in [5, 5.41) is 0. The fourth-order valence-electron chi connectivity index (χ4n) is 3.34. The lowest BCUT2D eigenvalue weighted by Crippen LogP contribution is -2.67. The molecule has 1 amide bonds. The van der Waals surface area contributed by atoms with Gasteiger partial charge in [-0.25, -0.2) is 9.97 Å². The maximum absolute atomic E-state index is 12.4. The van der Waals surface area contributed by atoms with Crippen molar-refractivity contribution in [3.05, 3.63) is 42.4 Å². The lowest BCUT2D eigenvalue weighted by molar-refractivity contribution is -0.174. The average molecular weight is 341 g/mol. The van der Waals surface area contributed by atoms with Gasteiger partial charge in [0.05, 0.1) is 37.8 Å². The van der Waals surface area contributed by atoms with Crippen molar-refractivity contribution in [2.75, 3.05) is 19.7 Å². The standard InChI is InChI=1S/C17H19N5O3/c1-12-7-19-9-15(21-12)25-13-2-5-24-17(6-13)10-22(11-17)16(23)14-8-18-3-4-20-14/h3-4,7-9,13H,2,5-6,10-11H2,1H3. The molecule has 2 aromatic rings. The van der Waals surface area contributed by atoms with Gasteiger partial charge in [0.15, 0.2) is 0 Å². The minimum atomic E-state index is -0.335. The molecule has 8 nitrogen and oxygen atoms in total. The Morgan fingerprint density at radius 3 is 2.92 bits per heavy atom. The molecule has 0 bridgehead atoms. The van der Waals surface area contributed by atoms with E-state index < -0.39 is 0 Å². The average Bonchev–Trinajstić information content (AvgIpc) is 2.60. The van der Waals surface area contributed by atoms with E-state index in [1.54, 1.807) is 23.5 Å². The predicted octanol–water partition coefficient (Wildman–Crippen LogP) is 1.03. The Kier molecular flexibility index (Phi) is 4.04. The SMILES string of the molecule is Cc1cncc(OC2CCOC3(C2)CN(C(=O)c2cnccn2)C3)n1. The molecule has 2 saturated heterocycles.